The topological polar surface area (TPSA) is 44.9 Å². The minimum absolute atomic E-state index is 0.0178. The Morgan fingerprint density at radius 1 is 1.24 bits per heavy atom. The molecule has 2 heterocycles. The van der Waals surface area contributed by atoms with Gasteiger partial charge in [0.2, 0.25) is 0 Å². The predicted molar refractivity (Wildman–Crippen MR) is 88.9 cm³/mol. The number of rotatable bonds is 4. The van der Waals surface area contributed by atoms with E-state index in [4.69, 9.17) is 0 Å². The summed E-state index contributed by atoms with van der Waals surface area (Å²) in [6, 6.07) is 14.3. The van der Waals surface area contributed by atoms with Gasteiger partial charge in [-0.15, -0.1) is 11.3 Å². The van der Waals surface area contributed by atoms with Gasteiger partial charge in [0.05, 0.1) is 0 Å². The Morgan fingerprint density at radius 3 is 2.81 bits per heavy atom. The number of aromatic amines is 1. The molecule has 0 saturated carbocycles. The second-order valence-electron chi connectivity index (χ2n) is 5.26. The van der Waals surface area contributed by atoms with Gasteiger partial charge in [0.15, 0.2) is 0 Å². The predicted octanol–water partition coefficient (Wildman–Crippen LogP) is 3.75. The van der Waals surface area contributed by atoms with Crippen molar-refractivity contribution in [2.45, 2.75) is 26.4 Å². The van der Waals surface area contributed by atoms with E-state index in [1.165, 1.54) is 9.75 Å². The number of pyridine rings is 1. The zero-order valence-electron chi connectivity index (χ0n) is 12.1. The highest BCUT2D eigenvalue weighted by Crippen LogP contribution is 2.22. The Kier molecular flexibility index (Phi) is 3.90. The summed E-state index contributed by atoms with van der Waals surface area (Å²) < 4.78 is 0. The number of H-pyrrole nitrogens is 1. The second kappa shape index (κ2) is 5.84. The lowest BCUT2D eigenvalue weighted by Crippen LogP contribution is -2.23. The number of fused-ring (bicyclic) bond motifs is 1. The quantitative estimate of drug-likeness (QED) is 0.770. The minimum Gasteiger partial charge on any atom is -0.322 e. The molecule has 1 aromatic carbocycles. The van der Waals surface area contributed by atoms with E-state index in [-0.39, 0.29) is 11.6 Å². The number of thiophene rings is 1. The van der Waals surface area contributed by atoms with Crippen LogP contribution in [-0.4, -0.2) is 4.98 Å². The standard InChI is InChI=1S/C17H18N2OS/c1-11-7-8-16(21-11)12(2)18-10-14-9-13-5-3-4-6-15(13)19-17(14)20/h3-9,12,18H,10H2,1-2H3,(H,19,20). The molecule has 0 saturated heterocycles. The Bertz CT molecular complexity index is 819. The lowest BCUT2D eigenvalue weighted by atomic mass is 10.1. The van der Waals surface area contributed by atoms with Crippen LogP contribution < -0.4 is 10.9 Å². The summed E-state index contributed by atoms with van der Waals surface area (Å²) in [6.07, 6.45) is 0. The molecule has 3 rings (SSSR count). The highest BCUT2D eigenvalue weighted by atomic mass is 32.1. The van der Waals surface area contributed by atoms with E-state index in [2.05, 4.69) is 36.3 Å². The van der Waals surface area contributed by atoms with Gasteiger partial charge in [0.25, 0.3) is 5.56 Å². The van der Waals surface area contributed by atoms with E-state index in [0.717, 1.165) is 16.5 Å². The summed E-state index contributed by atoms with van der Waals surface area (Å²) in [5, 5.41) is 4.49. The van der Waals surface area contributed by atoms with Crippen molar-refractivity contribution < 1.29 is 0 Å². The van der Waals surface area contributed by atoms with Crippen molar-refractivity contribution in [3.8, 4) is 0 Å². The molecule has 108 valence electrons. The summed E-state index contributed by atoms with van der Waals surface area (Å²) in [5.41, 5.74) is 1.64. The maximum Gasteiger partial charge on any atom is 0.252 e. The fraction of sp³-hybridized carbons (Fsp3) is 0.235. The fourth-order valence-electron chi connectivity index (χ4n) is 2.37. The number of aromatic nitrogens is 1. The zero-order chi connectivity index (χ0) is 14.8. The third kappa shape index (κ3) is 3.06. The molecule has 2 aromatic heterocycles. The molecule has 1 unspecified atom stereocenters. The molecule has 3 nitrogen and oxygen atoms in total. The first-order valence-electron chi connectivity index (χ1n) is 7.04. The second-order valence-corrected chi connectivity index (χ2v) is 6.58. The van der Waals surface area contributed by atoms with Crippen LogP contribution in [0.2, 0.25) is 0 Å². The molecule has 0 bridgehead atoms. The van der Waals surface area contributed by atoms with Crippen molar-refractivity contribution in [3.05, 3.63) is 68.1 Å². The van der Waals surface area contributed by atoms with Crippen molar-refractivity contribution >= 4 is 22.2 Å². The van der Waals surface area contributed by atoms with E-state index in [9.17, 15) is 4.79 Å². The van der Waals surface area contributed by atoms with Crippen molar-refractivity contribution in [2.24, 2.45) is 0 Å². The molecule has 21 heavy (non-hydrogen) atoms. The number of aryl methyl sites for hydroxylation is 1. The van der Waals surface area contributed by atoms with Crippen LogP contribution in [0, 0.1) is 6.92 Å². The summed E-state index contributed by atoms with van der Waals surface area (Å²) in [4.78, 5) is 17.6. The molecule has 0 fully saturated rings. The maximum atomic E-state index is 12.1. The fourth-order valence-corrected chi connectivity index (χ4v) is 3.28. The average molecular weight is 298 g/mol. The first-order valence-corrected chi connectivity index (χ1v) is 7.86. The molecule has 4 heteroatoms. The molecule has 0 aliphatic rings. The third-order valence-corrected chi connectivity index (χ3v) is 4.80. The van der Waals surface area contributed by atoms with Crippen LogP contribution in [0.25, 0.3) is 10.9 Å². The zero-order valence-corrected chi connectivity index (χ0v) is 13.0. The third-order valence-electron chi connectivity index (χ3n) is 3.62. The highest BCUT2D eigenvalue weighted by Gasteiger charge is 2.09. The molecule has 0 spiro atoms. The lowest BCUT2D eigenvalue weighted by molar-refractivity contribution is 0.580. The Morgan fingerprint density at radius 2 is 2.05 bits per heavy atom. The summed E-state index contributed by atoms with van der Waals surface area (Å²) in [5.74, 6) is 0. The first kappa shape index (κ1) is 14.0. The Labute approximate surface area is 127 Å². The maximum absolute atomic E-state index is 12.1. The van der Waals surface area contributed by atoms with Crippen LogP contribution >= 0.6 is 11.3 Å². The largest absolute Gasteiger partial charge is 0.322 e. The molecule has 0 aliphatic carbocycles. The van der Waals surface area contributed by atoms with Crippen molar-refractivity contribution in [3.63, 3.8) is 0 Å². The van der Waals surface area contributed by atoms with Gasteiger partial charge in [-0.3, -0.25) is 4.79 Å². The molecule has 0 radical (unpaired) electrons. The molecule has 1 atom stereocenters. The summed E-state index contributed by atoms with van der Waals surface area (Å²) in [7, 11) is 0. The molecule has 0 aliphatic heterocycles. The number of hydrogen-bond donors (Lipinski definition) is 2. The number of hydrogen-bond acceptors (Lipinski definition) is 3. The van der Waals surface area contributed by atoms with Gasteiger partial charge in [-0.2, -0.15) is 0 Å². The van der Waals surface area contributed by atoms with Gasteiger partial charge in [-0.25, -0.2) is 0 Å². The van der Waals surface area contributed by atoms with E-state index >= 15 is 0 Å². The molecular weight excluding hydrogens is 280 g/mol. The molecule has 0 amide bonds. The van der Waals surface area contributed by atoms with Crippen LogP contribution in [0.4, 0.5) is 0 Å². The van der Waals surface area contributed by atoms with Crippen LogP contribution in [0.15, 0.2) is 47.3 Å². The van der Waals surface area contributed by atoms with Crippen LogP contribution in [0.3, 0.4) is 0 Å². The van der Waals surface area contributed by atoms with Gasteiger partial charge in [0, 0.05) is 33.4 Å². The van der Waals surface area contributed by atoms with E-state index in [1.54, 1.807) is 11.3 Å². The average Bonchev–Trinajstić information content (AvgIpc) is 2.91. The van der Waals surface area contributed by atoms with Gasteiger partial charge < -0.3 is 10.3 Å². The molecule has 3 aromatic rings. The number of para-hydroxylation sites is 1. The van der Waals surface area contributed by atoms with Gasteiger partial charge in [-0.05, 0) is 43.5 Å². The van der Waals surface area contributed by atoms with Gasteiger partial charge in [-0.1, -0.05) is 18.2 Å². The molecule has 2 N–H and O–H groups in total. The Balaban J connectivity index is 1.78. The van der Waals surface area contributed by atoms with Gasteiger partial charge in [0.1, 0.15) is 0 Å². The van der Waals surface area contributed by atoms with Crippen molar-refractivity contribution in [1.82, 2.24) is 10.3 Å². The number of benzene rings is 1. The Hall–Kier alpha value is -1.91. The summed E-state index contributed by atoms with van der Waals surface area (Å²) in [6.45, 7) is 4.80. The minimum atomic E-state index is -0.0178. The summed E-state index contributed by atoms with van der Waals surface area (Å²) >= 11 is 1.79. The van der Waals surface area contributed by atoms with Crippen LogP contribution in [0.5, 0.6) is 0 Å². The van der Waals surface area contributed by atoms with E-state index in [1.807, 2.05) is 30.3 Å². The van der Waals surface area contributed by atoms with E-state index < -0.39 is 0 Å². The van der Waals surface area contributed by atoms with Crippen LogP contribution in [0.1, 0.15) is 28.3 Å². The van der Waals surface area contributed by atoms with Crippen molar-refractivity contribution in [2.75, 3.05) is 0 Å². The first-order chi connectivity index (χ1) is 10.1. The van der Waals surface area contributed by atoms with E-state index in [0.29, 0.717) is 6.54 Å². The number of nitrogens with one attached hydrogen (secondary N) is 2. The normalized spacial score (nSPS) is 12.7. The lowest BCUT2D eigenvalue weighted by Gasteiger charge is -2.12. The van der Waals surface area contributed by atoms with Gasteiger partial charge >= 0.3 is 0 Å². The van der Waals surface area contributed by atoms with Crippen molar-refractivity contribution in [1.29, 1.82) is 0 Å². The monoisotopic (exact) mass is 298 g/mol. The molecular formula is C17H18N2OS. The SMILES string of the molecule is Cc1ccc(C(C)NCc2cc3ccccc3[nH]c2=O)s1. The highest BCUT2D eigenvalue weighted by molar-refractivity contribution is 7.12. The van der Waals surface area contributed by atoms with Crippen LogP contribution in [-0.2, 0) is 6.54 Å². The smallest absolute Gasteiger partial charge is 0.252 e.